The summed E-state index contributed by atoms with van der Waals surface area (Å²) in [4.78, 5) is 22.9. The summed E-state index contributed by atoms with van der Waals surface area (Å²) < 4.78 is 0. The molecule has 0 amide bonds. The Labute approximate surface area is 181 Å². The molecule has 0 bridgehead atoms. The highest BCUT2D eigenvalue weighted by atomic mass is 16.1. The lowest BCUT2D eigenvalue weighted by Crippen LogP contribution is -2.31. The van der Waals surface area contributed by atoms with Crippen LogP contribution in [0.5, 0.6) is 0 Å². The first-order valence-electron chi connectivity index (χ1n) is 12.2. The summed E-state index contributed by atoms with van der Waals surface area (Å²) in [7, 11) is 0. The third-order valence-corrected chi connectivity index (χ3v) is 7.49. The fourth-order valence-corrected chi connectivity index (χ4v) is 5.96. The van der Waals surface area contributed by atoms with E-state index in [4.69, 9.17) is 0 Å². The van der Waals surface area contributed by atoms with E-state index in [0.29, 0.717) is 17.6 Å². The van der Waals surface area contributed by atoms with Crippen molar-refractivity contribution in [3.63, 3.8) is 0 Å². The Balaban J connectivity index is 1.71. The highest BCUT2D eigenvalue weighted by Crippen LogP contribution is 2.43. The second kappa shape index (κ2) is 10.8. The number of nitrogens with zero attached hydrogens (tertiary/aromatic N) is 2. The minimum Gasteiger partial charge on any atom is -0.298 e. The molecule has 0 aromatic carbocycles. The quantitative estimate of drug-likeness (QED) is 0.494. The summed E-state index contributed by atoms with van der Waals surface area (Å²) in [6, 6.07) is 8.35. The number of carbonyl (C=O) groups excluding carboxylic acids is 1. The lowest BCUT2D eigenvalue weighted by molar-refractivity contribution is -0.124. The SMILES string of the molecule is O=C(C(c1ccncc1)C1CCCCCC1)C(c1ccncc1)C1CCCCCC1. The maximum Gasteiger partial charge on any atom is 0.148 e. The van der Waals surface area contributed by atoms with Gasteiger partial charge in [-0.3, -0.25) is 14.8 Å². The first-order valence-corrected chi connectivity index (χ1v) is 12.2. The standard InChI is InChI=1S/C27H36N2O/c30-27(25(23-13-17-28-18-14-23)21-9-5-1-2-6-10-21)26(24-15-19-29-20-16-24)22-11-7-3-4-8-12-22/h13-22,25-26H,1-12H2. The van der Waals surface area contributed by atoms with Crippen LogP contribution in [0, 0.1) is 11.8 Å². The molecule has 0 N–H and O–H groups in total. The van der Waals surface area contributed by atoms with Gasteiger partial charge in [0, 0.05) is 36.6 Å². The molecular weight excluding hydrogens is 368 g/mol. The van der Waals surface area contributed by atoms with Crippen molar-refractivity contribution in [3.8, 4) is 0 Å². The Bertz CT molecular complexity index is 694. The molecule has 2 fully saturated rings. The van der Waals surface area contributed by atoms with E-state index in [-0.39, 0.29) is 11.8 Å². The second-order valence-electron chi connectivity index (χ2n) is 9.42. The van der Waals surface area contributed by atoms with Crippen molar-refractivity contribution in [2.75, 3.05) is 0 Å². The largest absolute Gasteiger partial charge is 0.298 e. The van der Waals surface area contributed by atoms with E-state index in [1.165, 1.54) is 88.2 Å². The molecule has 3 heteroatoms. The molecule has 2 aromatic rings. The van der Waals surface area contributed by atoms with Crippen molar-refractivity contribution in [2.24, 2.45) is 11.8 Å². The van der Waals surface area contributed by atoms with Crippen molar-refractivity contribution >= 4 is 5.78 Å². The minimum atomic E-state index is -0.00693. The number of aromatic nitrogens is 2. The third-order valence-electron chi connectivity index (χ3n) is 7.49. The lowest BCUT2D eigenvalue weighted by Gasteiger charge is -2.33. The van der Waals surface area contributed by atoms with Crippen molar-refractivity contribution < 1.29 is 4.79 Å². The van der Waals surface area contributed by atoms with Crippen LogP contribution in [0.15, 0.2) is 49.1 Å². The number of rotatable bonds is 6. The molecule has 160 valence electrons. The van der Waals surface area contributed by atoms with Gasteiger partial charge in [-0.15, -0.1) is 0 Å². The number of carbonyl (C=O) groups is 1. The van der Waals surface area contributed by atoms with Gasteiger partial charge in [-0.2, -0.15) is 0 Å². The van der Waals surface area contributed by atoms with Gasteiger partial charge in [0.25, 0.3) is 0 Å². The number of hydrogen-bond acceptors (Lipinski definition) is 3. The average molecular weight is 405 g/mol. The zero-order valence-electron chi connectivity index (χ0n) is 18.2. The van der Waals surface area contributed by atoms with Gasteiger partial charge >= 0.3 is 0 Å². The molecule has 2 saturated carbocycles. The Kier molecular flexibility index (Phi) is 7.66. The molecular formula is C27H36N2O. The van der Waals surface area contributed by atoms with Gasteiger partial charge in [-0.1, -0.05) is 51.4 Å². The minimum absolute atomic E-state index is 0.00693. The zero-order valence-corrected chi connectivity index (χ0v) is 18.2. The van der Waals surface area contributed by atoms with Crippen LogP contribution in [0.4, 0.5) is 0 Å². The molecule has 0 aliphatic heterocycles. The topological polar surface area (TPSA) is 42.9 Å². The van der Waals surface area contributed by atoms with E-state index < -0.39 is 0 Å². The number of pyridine rings is 2. The number of hydrogen-bond donors (Lipinski definition) is 0. The molecule has 2 aliphatic rings. The Hall–Kier alpha value is -2.03. The lowest BCUT2D eigenvalue weighted by atomic mass is 9.69. The van der Waals surface area contributed by atoms with Gasteiger partial charge in [-0.25, -0.2) is 0 Å². The molecule has 2 heterocycles. The highest BCUT2D eigenvalue weighted by Gasteiger charge is 2.38. The smallest absolute Gasteiger partial charge is 0.148 e. The van der Waals surface area contributed by atoms with E-state index in [1.807, 2.05) is 24.8 Å². The van der Waals surface area contributed by atoms with Crippen LogP contribution in [-0.4, -0.2) is 15.8 Å². The molecule has 4 rings (SSSR count). The summed E-state index contributed by atoms with van der Waals surface area (Å²) in [5.74, 6) is 1.35. The summed E-state index contributed by atoms with van der Waals surface area (Å²) in [6.07, 6.45) is 22.4. The van der Waals surface area contributed by atoms with Crippen LogP contribution in [0.2, 0.25) is 0 Å². The predicted octanol–water partition coefficient (Wildman–Crippen LogP) is 6.85. The van der Waals surface area contributed by atoms with E-state index in [9.17, 15) is 4.79 Å². The zero-order chi connectivity index (χ0) is 20.6. The molecule has 0 radical (unpaired) electrons. The van der Waals surface area contributed by atoms with Crippen molar-refractivity contribution in [2.45, 2.75) is 88.9 Å². The monoisotopic (exact) mass is 404 g/mol. The molecule has 3 nitrogen and oxygen atoms in total. The predicted molar refractivity (Wildman–Crippen MR) is 121 cm³/mol. The number of Topliss-reactive ketones (excluding diaryl/α,β-unsaturated/α-hetero) is 1. The van der Waals surface area contributed by atoms with Crippen LogP contribution in [0.25, 0.3) is 0 Å². The molecule has 0 spiro atoms. The first-order chi connectivity index (χ1) is 14.8. The van der Waals surface area contributed by atoms with E-state index in [2.05, 4.69) is 34.2 Å². The Morgan fingerprint density at radius 3 is 1.27 bits per heavy atom. The normalized spacial score (nSPS) is 21.3. The Morgan fingerprint density at radius 2 is 0.933 bits per heavy atom. The van der Waals surface area contributed by atoms with Crippen molar-refractivity contribution in [1.29, 1.82) is 0 Å². The highest BCUT2D eigenvalue weighted by molar-refractivity contribution is 5.92. The van der Waals surface area contributed by atoms with Crippen LogP contribution in [0.3, 0.4) is 0 Å². The molecule has 2 aliphatic carbocycles. The van der Waals surface area contributed by atoms with Gasteiger partial charge in [0.05, 0.1) is 0 Å². The summed E-state index contributed by atoms with van der Waals surface area (Å²) >= 11 is 0. The second-order valence-corrected chi connectivity index (χ2v) is 9.42. The van der Waals surface area contributed by atoms with Crippen LogP contribution < -0.4 is 0 Å². The van der Waals surface area contributed by atoms with Gasteiger partial charge in [0.15, 0.2) is 0 Å². The van der Waals surface area contributed by atoms with Crippen LogP contribution >= 0.6 is 0 Å². The van der Waals surface area contributed by atoms with Gasteiger partial charge in [0.1, 0.15) is 5.78 Å². The summed E-state index contributed by atoms with van der Waals surface area (Å²) in [5, 5.41) is 0. The molecule has 2 atom stereocenters. The van der Waals surface area contributed by atoms with Gasteiger partial charge < -0.3 is 0 Å². The van der Waals surface area contributed by atoms with Crippen molar-refractivity contribution in [1.82, 2.24) is 9.97 Å². The Morgan fingerprint density at radius 1 is 0.600 bits per heavy atom. The van der Waals surface area contributed by atoms with E-state index in [0.717, 1.165) is 0 Å². The third kappa shape index (κ3) is 5.17. The first kappa shape index (κ1) is 21.2. The maximum atomic E-state index is 14.4. The summed E-state index contributed by atoms with van der Waals surface area (Å²) in [5.41, 5.74) is 2.35. The number of ketones is 1. The fraction of sp³-hybridized carbons (Fsp3) is 0.593. The van der Waals surface area contributed by atoms with E-state index >= 15 is 0 Å². The molecule has 30 heavy (non-hydrogen) atoms. The van der Waals surface area contributed by atoms with Crippen LogP contribution in [-0.2, 0) is 4.79 Å². The van der Waals surface area contributed by atoms with E-state index in [1.54, 1.807) is 0 Å². The van der Waals surface area contributed by atoms with Crippen molar-refractivity contribution in [3.05, 3.63) is 60.2 Å². The molecule has 2 aromatic heterocycles. The average Bonchev–Trinajstić information content (AvgIpc) is 3.22. The van der Waals surface area contributed by atoms with Gasteiger partial charge in [-0.05, 0) is 72.9 Å². The maximum absolute atomic E-state index is 14.4. The fourth-order valence-electron chi connectivity index (χ4n) is 5.96. The van der Waals surface area contributed by atoms with Gasteiger partial charge in [0.2, 0.25) is 0 Å². The van der Waals surface area contributed by atoms with Crippen LogP contribution in [0.1, 0.15) is 100 Å². The summed E-state index contributed by atoms with van der Waals surface area (Å²) in [6.45, 7) is 0. The molecule has 0 saturated heterocycles. The molecule has 2 unspecified atom stereocenters.